The van der Waals surface area contributed by atoms with E-state index in [1.165, 1.54) is 11.8 Å². The van der Waals surface area contributed by atoms with Gasteiger partial charge in [-0.1, -0.05) is 56.3 Å². The molecule has 0 unspecified atom stereocenters. The van der Waals surface area contributed by atoms with Crippen LogP contribution in [0.3, 0.4) is 0 Å². The molecule has 0 aliphatic carbocycles. The second kappa shape index (κ2) is 8.07. The van der Waals surface area contributed by atoms with Gasteiger partial charge in [0.2, 0.25) is 5.91 Å². The number of fused-ring (bicyclic) bond motifs is 1. The number of hydrogen-bond donors (Lipinski definition) is 0. The smallest absolute Gasteiger partial charge is 0.338 e. The Balaban J connectivity index is 2.08. The number of thioether (sulfide) groups is 1. The molecule has 0 bridgehead atoms. The molecule has 7 heteroatoms. The first kappa shape index (κ1) is 20.0. The largest absolute Gasteiger partial charge is 0.462 e. The van der Waals surface area contributed by atoms with E-state index in [1.807, 2.05) is 32.9 Å². The van der Waals surface area contributed by atoms with Gasteiger partial charge < -0.3 is 4.74 Å². The summed E-state index contributed by atoms with van der Waals surface area (Å²) >= 11 is 7.64. The van der Waals surface area contributed by atoms with Crippen LogP contribution in [-0.2, 0) is 14.3 Å². The minimum atomic E-state index is -0.576. The Kier molecular flexibility index (Phi) is 5.96. The summed E-state index contributed by atoms with van der Waals surface area (Å²) in [6.07, 6.45) is 0.702. The molecule has 1 fully saturated rings. The van der Waals surface area contributed by atoms with E-state index in [4.69, 9.17) is 16.3 Å². The van der Waals surface area contributed by atoms with Gasteiger partial charge in [0, 0.05) is 5.02 Å². The Morgan fingerprint density at radius 1 is 1.41 bits per heavy atom. The predicted octanol–water partition coefficient (Wildman–Crippen LogP) is 4.58. The van der Waals surface area contributed by atoms with E-state index in [2.05, 4.69) is 4.99 Å². The van der Waals surface area contributed by atoms with Crippen molar-refractivity contribution in [1.29, 1.82) is 0 Å². The molecule has 2 aliphatic heterocycles. The summed E-state index contributed by atoms with van der Waals surface area (Å²) in [6.45, 7) is 8.03. The van der Waals surface area contributed by atoms with Crippen LogP contribution >= 0.6 is 23.4 Å². The van der Waals surface area contributed by atoms with Crippen molar-refractivity contribution in [2.75, 3.05) is 6.61 Å². The Hall–Kier alpha value is -1.79. The lowest BCUT2D eigenvalue weighted by atomic mass is 9.94. The average molecular weight is 407 g/mol. The van der Waals surface area contributed by atoms with Gasteiger partial charge in [0.1, 0.15) is 0 Å². The van der Waals surface area contributed by atoms with Gasteiger partial charge in [0.15, 0.2) is 5.17 Å². The van der Waals surface area contributed by atoms with Crippen LogP contribution < -0.4 is 0 Å². The van der Waals surface area contributed by atoms with Gasteiger partial charge >= 0.3 is 5.97 Å². The number of carbonyl (C=O) groups is 2. The Morgan fingerprint density at radius 2 is 2.15 bits per heavy atom. The van der Waals surface area contributed by atoms with Gasteiger partial charge in [-0.05, 0) is 37.0 Å². The Labute approximate surface area is 168 Å². The first-order chi connectivity index (χ1) is 12.8. The van der Waals surface area contributed by atoms with E-state index < -0.39 is 12.0 Å². The van der Waals surface area contributed by atoms with Crippen molar-refractivity contribution in [2.45, 2.75) is 45.4 Å². The fraction of sp³-hybridized carbons (Fsp3) is 0.450. The van der Waals surface area contributed by atoms with Crippen LogP contribution in [0.15, 0.2) is 40.5 Å². The van der Waals surface area contributed by atoms with E-state index in [-0.39, 0.29) is 17.1 Å². The average Bonchev–Trinajstić information content (AvgIpc) is 2.93. The summed E-state index contributed by atoms with van der Waals surface area (Å²) in [6, 6.07) is 6.67. The monoisotopic (exact) mass is 406 g/mol. The molecule has 0 saturated carbocycles. The fourth-order valence-electron chi connectivity index (χ4n) is 3.16. The molecule has 1 aromatic rings. The van der Waals surface area contributed by atoms with Crippen LogP contribution in [0.1, 0.15) is 45.7 Å². The highest BCUT2D eigenvalue weighted by molar-refractivity contribution is 8.15. The third-order valence-corrected chi connectivity index (χ3v) is 6.01. The highest BCUT2D eigenvalue weighted by Gasteiger charge is 2.47. The van der Waals surface area contributed by atoms with Gasteiger partial charge in [-0.2, -0.15) is 0 Å². The maximum atomic E-state index is 13.0. The van der Waals surface area contributed by atoms with Gasteiger partial charge in [0.05, 0.1) is 29.2 Å². The van der Waals surface area contributed by atoms with Gasteiger partial charge in [-0.25, -0.2) is 9.79 Å². The number of carbonyl (C=O) groups excluding carboxylic acids is 2. The molecule has 5 nitrogen and oxygen atoms in total. The lowest BCUT2D eigenvalue weighted by Crippen LogP contribution is -2.41. The molecule has 0 aromatic heterocycles. The van der Waals surface area contributed by atoms with Crippen LogP contribution in [0.4, 0.5) is 0 Å². The minimum absolute atomic E-state index is 0.0344. The molecular formula is C20H23ClN2O3S. The quantitative estimate of drug-likeness (QED) is 0.671. The number of amides is 1. The van der Waals surface area contributed by atoms with Gasteiger partial charge in [-0.3, -0.25) is 9.69 Å². The zero-order valence-corrected chi connectivity index (χ0v) is 17.4. The molecule has 3 rings (SSSR count). The summed E-state index contributed by atoms with van der Waals surface area (Å²) in [7, 11) is 0. The second-order valence-corrected chi connectivity index (χ2v) is 8.67. The van der Waals surface area contributed by atoms with E-state index in [0.717, 1.165) is 5.56 Å². The number of amidine groups is 1. The topological polar surface area (TPSA) is 59.0 Å². The summed E-state index contributed by atoms with van der Waals surface area (Å²) in [5, 5.41) is 0.995. The van der Waals surface area contributed by atoms with Crippen molar-refractivity contribution >= 4 is 40.4 Å². The maximum absolute atomic E-state index is 13.0. The molecule has 0 spiro atoms. The highest BCUT2D eigenvalue weighted by Crippen LogP contribution is 2.44. The predicted molar refractivity (Wildman–Crippen MR) is 109 cm³/mol. The Morgan fingerprint density at radius 3 is 2.78 bits per heavy atom. The van der Waals surface area contributed by atoms with Crippen LogP contribution in [0.25, 0.3) is 0 Å². The molecule has 0 radical (unpaired) electrons. The number of hydrogen-bond acceptors (Lipinski definition) is 5. The molecule has 2 aliphatic rings. The third-order valence-electron chi connectivity index (χ3n) is 4.45. The summed E-state index contributed by atoms with van der Waals surface area (Å²) in [5.41, 5.74) is 1.75. The SMILES string of the molecule is CC[C@H]1SC2=NC(C)=C(C(=O)OCC(C)C)[C@@H](c3cccc(Cl)c3)N2C1=O. The first-order valence-electron chi connectivity index (χ1n) is 9.05. The number of rotatable bonds is 5. The molecule has 2 atom stereocenters. The van der Waals surface area contributed by atoms with Crippen molar-refractivity contribution < 1.29 is 14.3 Å². The normalized spacial score (nSPS) is 22.2. The van der Waals surface area contributed by atoms with E-state index in [1.54, 1.807) is 24.0 Å². The molecule has 27 heavy (non-hydrogen) atoms. The van der Waals surface area contributed by atoms with Crippen molar-refractivity contribution in [3.8, 4) is 0 Å². The maximum Gasteiger partial charge on any atom is 0.338 e. The minimum Gasteiger partial charge on any atom is -0.462 e. The number of ether oxygens (including phenoxy) is 1. The van der Waals surface area contributed by atoms with Crippen molar-refractivity contribution in [1.82, 2.24) is 4.90 Å². The lowest BCUT2D eigenvalue weighted by molar-refractivity contribution is -0.141. The van der Waals surface area contributed by atoms with Gasteiger partial charge in [-0.15, -0.1) is 0 Å². The molecule has 0 N–H and O–H groups in total. The molecule has 1 amide bonds. The zero-order valence-electron chi connectivity index (χ0n) is 15.9. The van der Waals surface area contributed by atoms with Crippen molar-refractivity contribution in [3.63, 3.8) is 0 Å². The van der Waals surface area contributed by atoms with Crippen LogP contribution in [0, 0.1) is 5.92 Å². The zero-order chi connectivity index (χ0) is 19.7. The van der Waals surface area contributed by atoms with Crippen LogP contribution in [0.2, 0.25) is 5.02 Å². The van der Waals surface area contributed by atoms with Gasteiger partial charge in [0.25, 0.3) is 0 Å². The molecule has 1 aromatic carbocycles. The highest BCUT2D eigenvalue weighted by atomic mass is 35.5. The van der Waals surface area contributed by atoms with E-state index in [9.17, 15) is 9.59 Å². The van der Waals surface area contributed by atoms with Crippen LogP contribution in [-0.4, -0.2) is 33.8 Å². The lowest BCUT2D eigenvalue weighted by Gasteiger charge is -2.33. The molecule has 1 saturated heterocycles. The number of halogens is 1. The second-order valence-electron chi connectivity index (χ2n) is 7.07. The van der Waals surface area contributed by atoms with E-state index in [0.29, 0.717) is 34.5 Å². The fourth-order valence-corrected chi connectivity index (χ4v) is 4.50. The number of allylic oxidation sites excluding steroid dienone is 1. The van der Waals surface area contributed by atoms with Crippen molar-refractivity contribution in [2.24, 2.45) is 10.9 Å². The molecule has 144 valence electrons. The van der Waals surface area contributed by atoms with Crippen LogP contribution in [0.5, 0.6) is 0 Å². The number of benzene rings is 1. The third kappa shape index (κ3) is 3.92. The standard InChI is InChI=1S/C20H23ClN2O3S/c1-5-15-18(24)23-17(13-7-6-8-14(21)9-13)16(12(4)22-20(23)27-15)19(25)26-10-11(2)3/h6-9,11,15,17H,5,10H2,1-4H3/t15-,17-/m1/s1. The molecule has 2 heterocycles. The number of nitrogens with zero attached hydrogens (tertiary/aromatic N) is 2. The van der Waals surface area contributed by atoms with E-state index >= 15 is 0 Å². The van der Waals surface area contributed by atoms with Crippen molar-refractivity contribution in [3.05, 3.63) is 46.1 Å². The number of esters is 1. The Bertz CT molecular complexity index is 834. The molecular weight excluding hydrogens is 384 g/mol. The number of aliphatic imine (C=N–C) groups is 1. The summed E-state index contributed by atoms with van der Waals surface area (Å²) < 4.78 is 5.49. The summed E-state index contributed by atoms with van der Waals surface area (Å²) in [4.78, 5) is 32.1. The first-order valence-corrected chi connectivity index (χ1v) is 10.3. The summed E-state index contributed by atoms with van der Waals surface area (Å²) in [5.74, 6) is -0.254.